The van der Waals surface area contributed by atoms with Crippen LogP contribution in [-0.2, 0) is 0 Å². The van der Waals surface area contributed by atoms with Gasteiger partial charge in [0.15, 0.2) is 11.5 Å². The van der Waals surface area contributed by atoms with E-state index in [4.69, 9.17) is 27.7 Å². The number of aromatic hydroxyl groups is 1. The summed E-state index contributed by atoms with van der Waals surface area (Å²) < 4.78 is 6.39. The molecule has 4 rings (SSSR count). The van der Waals surface area contributed by atoms with Gasteiger partial charge in [0.25, 0.3) is 5.91 Å². The monoisotopic (exact) mass is 573 g/mol. The van der Waals surface area contributed by atoms with Gasteiger partial charge in [0.2, 0.25) is 0 Å². The van der Waals surface area contributed by atoms with E-state index in [1.807, 2.05) is 12.1 Å². The van der Waals surface area contributed by atoms with Crippen LogP contribution in [0.4, 0.5) is 5.69 Å². The second-order valence-electron chi connectivity index (χ2n) is 6.74. The Kier molecular flexibility index (Phi) is 6.29. The fourth-order valence-electron chi connectivity index (χ4n) is 3.23. The lowest BCUT2D eigenvalue weighted by Crippen LogP contribution is -2.48. The number of benzene rings is 2. The van der Waals surface area contributed by atoms with Crippen molar-refractivity contribution in [2.45, 2.75) is 0 Å². The first-order valence-corrected chi connectivity index (χ1v) is 11.3. The summed E-state index contributed by atoms with van der Waals surface area (Å²) in [7, 11) is 0. The Morgan fingerprint density at radius 2 is 1.67 bits per heavy atom. The van der Waals surface area contributed by atoms with Gasteiger partial charge in [-0.3, -0.25) is 4.79 Å². The molecule has 1 aliphatic rings. The SMILES string of the molecule is O=C(c1cc(-c2cc(Br)c(O)c(Br)c2)on1)N1CCN(c2ccc(Cl)c(Cl)c2)CC1. The first kappa shape index (κ1) is 21.5. The van der Waals surface area contributed by atoms with Crippen LogP contribution in [0.5, 0.6) is 5.75 Å². The van der Waals surface area contributed by atoms with E-state index in [2.05, 4.69) is 41.9 Å². The third kappa shape index (κ3) is 4.32. The van der Waals surface area contributed by atoms with E-state index in [-0.39, 0.29) is 17.4 Å². The molecule has 1 N–H and O–H groups in total. The van der Waals surface area contributed by atoms with Crippen molar-refractivity contribution in [3.63, 3.8) is 0 Å². The van der Waals surface area contributed by atoms with Gasteiger partial charge in [-0.2, -0.15) is 0 Å². The minimum absolute atomic E-state index is 0.0920. The fraction of sp³-hybridized carbons (Fsp3) is 0.200. The molecule has 1 saturated heterocycles. The van der Waals surface area contributed by atoms with E-state index < -0.39 is 0 Å². The predicted molar refractivity (Wildman–Crippen MR) is 124 cm³/mol. The normalized spacial score (nSPS) is 14.3. The lowest BCUT2D eigenvalue weighted by Gasteiger charge is -2.35. The Morgan fingerprint density at radius 1 is 1.00 bits per heavy atom. The molecule has 0 aliphatic carbocycles. The van der Waals surface area contributed by atoms with E-state index in [0.717, 1.165) is 5.69 Å². The third-order valence-corrected chi connectivity index (χ3v) is 6.81. The molecule has 1 fully saturated rings. The lowest BCUT2D eigenvalue weighted by atomic mass is 10.1. The maximum absolute atomic E-state index is 12.9. The van der Waals surface area contributed by atoms with E-state index in [1.165, 1.54) is 0 Å². The first-order valence-electron chi connectivity index (χ1n) is 8.98. The number of anilines is 1. The zero-order valence-electron chi connectivity index (χ0n) is 15.4. The number of amides is 1. The highest BCUT2D eigenvalue weighted by Gasteiger charge is 2.25. The number of hydrogen-bond donors (Lipinski definition) is 1. The molecule has 156 valence electrons. The van der Waals surface area contributed by atoms with E-state index in [1.54, 1.807) is 29.2 Å². The number of carbonyl (C=O) groups excluding carboxylic acids is 1. The number of phenols is 1. The number of rotatable bonds is 3. The van der Waals surface area contributed by atoms with Gasteiger partial charge >= 0.3 is 0 Å². The Bertz CT molecular complexity index is 1090. The van der Waals surface area contributed by atoms with Gasteiger partial charge in [-0.25, -0.2) is 0 Å². The molecule has 0 atom stereocenters. The van der Waals surface area contributed by atoms with Crippen LogP contribution < -0.4 is 4.90 Å². The topological polar surface area (TPSA) is 69.8 Å². The van der Waals surface area contributed by atoms with E-state index in [0.29, 0.717) is 56.5 Å². The second-order valence-corrected chi connectivity index (χ2v) is 9.27. The van der Waals surface area contributed by atoms with Crippen LogP contribution in [0.2, 0.25) is 10.0 Å². The van der Waals surface area contributed by atoms with Gasteiger partial charge < -0.3 is 19.4 Å². The summed E-state index contributed by atoms with van der Waals surface area (Å²) in [5.41, 5.74) is 1.90. The molecule has 1 amide bonds. The minimum atomic E-state index is -0.185. The Labute approximate surface area is 199 Å². The molecule has 0 saturated carbocycles. The van der Waals surface area contributed by atoms with Gasteiger partial charge in [-0.05, 0) is 62.2 Å². The lowest BCUT2D eigenvalue weighted by molar-refractivity contribution is 0.0736. The Morgan fingerprint density at radius 3 is 2.30 bits per heavy atom. The van der Waals surface area contributed by atoms with Crippen molar-refractivity contribution in [1.82, 2.24) is 10.1 Å². The molecule has 1 aliphatic heterocycles. The van der Waals surface area contributed by atoms with Crippen LogP contribution in [0.15, 0.2) is 49.9 Å². The Balaban J connectivity index is 1.44. The molecule has 6 nitrogen and oxygen atoms in total. The van der Waals surface area contributed by atoms with E-state index in [9.17, 15) is 9.90 Å². The average Bonchev–Trinajstić information content (AvgIpc) is 3.23. The van der Waals surface area contributed by atoms with Crippen molar-refractivity contribution in [2.24, 2.45) is 0 Å². The maximum Gasteiger partial charge on any atom is 0.276 e. The number of piperazine rings is 1. The molecule has 1 aromatic heterocycles. The molecule has 0 radical (unpaired) electrons. The van der Waals surface area contributed by atoms with Crippen molar-refractivity contribution in [3.8, 4) is 17.1 Å². The molecular formula is C20H15Br2Cl2N3O3. The van der Waals surface area contributed by atoms with Crippen LogP contribution in [0.25, 0.3) is 11.3 Å². The van der Waals surface area contributed by atoms with Crippen molar-refractivity contribution >= 4 is 66.7 Å². The van der Waals surface area contributed by atoms with Crippen molar-refractivity contribution < 1.29 is 14.4 Å². The van der Waals surface area contributed by atoms with Crippen LogP contribution >= 0.6 is 55.1 Å². The molecular weight excluding hydrogens is 561 g/mol. The Hall–Kier alpha value is -1.74. The molecule has 2 aromatic carbocycles. The van der Waals surface area contributed by atoms with Crippen LogP contribution in [0.3, 0.4) is 0 Å². The average molecular weight is 576 g/mol. The van der Waals surface area contributed by atoms with E-state index >= 15 is 0 Å². The summed E-state index contributed by atoms with van der Waals surface area (Å²) in [5.74, 6) is 0.347. The van der Waals surface area contributed by atoms with Gasteiger partial charge in [0.1, 0.15) is 5.75 Å². The molecule has 3 aromatic rings. The summed E-state index contributed by atoms with van der Waals surface area (Å²) >= 11 is 18.7. The largest absolute Gasteiger partial charge is 0.506 e. The zero-order valence-corrected chi connectivity index (χ0v) is 20.1. The smallest absolute Gasteiger partial charge is 0.276 e. The van der Waals surface area contributed by atoms with Crippen molar-refractivity contribution in [3.05, 3.63) is 61.1 Å². The predicted octanol–water partition coefficient (Wildman–Crippen LogP) is 5.84. The summed E-state index contributed by atoms with van der Waals surface area (Å²) in [6, 6.07) is 10.5. The summed E-state index contributed by atoms with van der Waals surface area (Å²) in [4.78, 5) is 16.8. The third-order valence-electron chi connectivity index (χ3n) is 4.87. The minimum Gasteiger partial charge on any atom is -0.506 e. The number of phenolic OH excluding ortho intramolecular Hbond substituents is 1. The van der Waals surface area contributed by atoms with Crippen molar-refractivity contribution in [1.29, 1.82) is 0 Å². The summed E-state index contributed by atoms with van der Waals surface area (Å²) in [5, 5.41) is 14.8. The number of nitrogens with zero attached hydrogens (tertiary/aromatic N) is 3. The fourth-order valence-corrected chi connectivity index (χ4v) is 4.71. The summed E-state index contributed by atoms with van der Waals surface area (Å²) in [6.07, 6.45) is 0. The molecule has 0 bridgehead atoms. The van der Waals surface area contributed by atoms with Gasteiger partial charge in [-0.1, -0.05) is 28.4 Å². The van der Waals surface area contributed by atoms with Crippen LogP contribution in [0.1, 0.15) is 10.5 Å². The highest BCUT2D eigenvalue weighted by atomic mass is 79.9. The molecule has 0 unspecified atom stereocenters. The maximum atomic E-state index is 12.9. The number of halogens is 4. The highest BCUT2D eigenvalue weighted by Crippen LogP contribution is 2.37. The molecule has 10 heteroatoms. The molecule has 30 heavy (non-hydrogen) atoms. The standard InChI is InChI=1S/C20H15Br2Cl2N3O3/c21-13-7-11(8-14(22)19(13)28)18-10-17(25-30-18)20(29)27-5-3-26(4-6-27)12-1-2-15(23)16(24)9-12/h1-2,7-10,28H,3-6H2. The second kappa shape index (κ2) is 8.78. The molecule has 0 spiro atoms. The first-order chi connectivity index (χ1) is 14.3. The van der Waals surface area contributed by atoms with Gasteiger partial charge in [0.05, 0.1) is 19.0 Å². The zero-order chi connectivity index (χ0) is 21.4. The van der Waals surface area contributed by atoms with Crippen molar-refractivity contribution in [2.75, 3.05) is 31.1 Å². The quantitative estimate of drug-likeness (QED) is 0.425. The number of hydrogen-bond acceptors (Lipinski definition) is 5. The highest BCUT2D eigenvalue weighted by molar-refractivity contribution is 9.11. The molecule has 2 heterocycles. The van der Waals surface area contributed by atoms with Crippen LogP contribution in [-0.4, -0.2) is 47.2 Å². The summed E-state index contributed by atoms with van der Waals surface area (Å²) in [6.45, 7) is 2.45. The van der Waals surface area contributed by atoms with Crippen LogP contribution in [0, 0.1) is 0 Å². The van der Waals surface area contributed by atoms with Gasteiger partial charge in [-0.15, -0.1) is 0 Å². The number of aromatic nitrogens is 1. The van der Waals surface area contributed by atoms with Gasteiger partial charge in [0, 0.05) is 43.5 Å². The number of carbonyl (C=O) groups is 1.